The summed E-state index contributed by atoms with van der Waals surface area (Å²) in [5, 5.41) is 10.3. The number of hydrogen-bond donors (Lipinski definition) is 1. The Balaban J connectivity index is 2.44. The molecule has 2 nitrogen and oxygen atoms in total. The summed E-state index contributed by atoms with van der Waals surface area (Å²) in [5.41, 5.74) is 1.70. The topological polar surface area (TPSA) is 37.3 Å². The van der Waals surface area contributed by atoms with Gasteiger partial charge in [-0.15, -0.1) is 0 Å². The molecule has 0 aliphatic heterocycles. The van der Waals surface area contributed by atoms with Crippen molar-refractivity contribution >= 4 is 29.2 Å². The van der Waals surface area contributed by atoms with Crippen molar-refractivity contribution in [2.75, 3.05) is 0 Å². The second-order valence-corrected chi connectivity index (χ2v) is 5.07. The van der Waals surface area contributed by atoms with Crippen LogP contribution in [-0.2, 0) is 4.79 Å². The van der Waals surface area contributed by atoms with E-state index in [-0.39, 0.29) is 12.3 Å². The van der Waals surface area contributed by atoms with Crippen LogP contribution in [0.3, 0.4) is 0 Å². The van der Waals surface area contributed by atoms with Gasteiger partial charge in [-0.05, 0) is 29.3 Å². The van der Waals surface area contributed by atoms with Crippen LogP contribution in [0.15, 0.2) is 48.5 Å². The van der Waals surface area contributed by atoms with Crippen molar-refractivity contribution in [2.45, 2.75) is 12.3 Å². The molecule has 2 aromatic carbocycles. The molecule has 4 heteroatoms. The van der Waals surface area contributed by atoms with Crippen molar-refractivity contribution in [3.8, 4) is 0 Å². The molecule has 1 N–H and O–H groups in total. The molecule has 98 valence electrons. The minimum Gasteiger partial charge on any atom is -0.481 e. The molecule has 0 bridgehead atoms. The lowest BCUT2D eigenvalue weighted by Gasteiger charge is -2.17. The lowest BCUT2D eigenvalue weighted by molar-refractivity contribution is -0.137. The Morgan fingerprint density at radius 1 is 1.05 bits per heavy atom. The Bertz CT molecular complexity index is 579. The van der Waals surface area contributed by atoms with E-state index in [0.29, 0.717) is 10.0 Å². The third-order valence-corrected chi connectivity index (χ3v) is 3.53. The van der Waals surface area contributed by atoms with E-state index in [9.17, 15) is 4.79 Å². The maximum Gasteiger partial charge on any atom is 0.304 e. The highest BCUT2D eigenvalue weighted by atomic mass is 35.5. The standard InChI is InChI=1S/C15H12Cl2O2/c16-11-7-5-10(6-8-11)13(9-15(18)19)12-3-1-2-4-14(12)17/h1-8,13H,9H2,(H,18,19)/t13-/m0/s1. The van der Waals surface area contributed by atoms with Gasteiger partial charge in [-0.3, -0.25) is 4.79 Å². The van der Waals surface area contributed by atoms with Gasteiger partial charge in [-0.2, -0.15) is 0 Å². The van der Waals surface area contributed by atoms with Crippen molar-refractivity contribution in [1.29, 1.82) is 0 Å². The van der Waals surface area contributed by atoms with E-state index in [1.807, 2.05) is 30.3 Å². The normalized spacial score (nSPS) is 12.1. The van der Waals surface area contributed by atoms with E-state index in [1.165, 1.54) is 0 Å². The molecule has 0 saturated carbocycles. The Hall–Kier alpha value is -1.51. The van der Waals surface area contributed by atoms with Crippen LogP contribution < -0.4 is 0 Å². The molecule has 0 amide bonds. The van der Waals surface area contributed by atoms with E-state index in [1.54, 1.807) is 18.2 Å². The molecule has 19 heavy (non-hydrogen) atoms. The van der Waals surface area contributed by atoms with Gasteiger partial charge >= 0.3 is 5.97 Å². The Morgan fingerprint density at radius 3 is 2.26 bits per heavy atom. The zero-order valence-electron chi connectivity index (χ0n) is 10.0. The Morgan fingerprint density at radius 2 is 1.68 bits per heavy atom. The van der Waals surface area contributed by atoms with Gasteiger partial charge in [-0.25, -0.2) is 0 Å². The van der Waals surface area contributed by atoms with Gasteiger partial charge in [0, 0.05) is 16.0 Å². The molecule has 0 spiro atoms. The molecule has 0 unspecified atom stereocenters. The lowest BCUT2D eigenvalue weighted by Crippen LogP contribution is -2.08. The van der Waals surface area contributed by atoms with E-state index in [0.717, 1.165) is 11.1 Å². The van der Waals surface area contributed by atoms with Gasteiger partial charge in [0.05, 0.1) is 6.42 Å². The van der Waals surface area contributed by atoms with E-state index >= 15 is 0 Å². The molecule has 2 rings (SSSR count). The molecule has 0 aromatic heterocycles. The molecule has 1 atom stereocenters. The quantitative estimate of drug-likeness (QED) is 0.895. The van der Waals surface area contributed by atoms with Crippen molar-refractivity contribution in [2.24, 2.45) is 0 Å². The number of carboxylic acids is 1. The summed E-state index contributed by atoms with van der Waals surface area (Å²) < 4.78 is 0. The fourth-order valence-electron chi connectivity index (χ4n) is 2.03. The average Bonchev–Trinajstić information content (AvgIpc) is 2.38. The number of carboxylic acid groups (broad SMARTS) is 1. The lowest BCUT2D eigenvalue weighted by atomic mass is 9.88. The predicted molar refractivity (Wildman–Crippen MR) is 77.0 cm³/mol. The third kappa shape index (κ3) is 3.49. The molecule has 0 fully saturated rings. The molecule has 0 saturated heterocycles. The summed E-state index contributed by atoms with van der Waals surface area (Å²) in [6.45, 7) is 0. The first-order valence-electron chi connectivity index (χ1n) is 5.79. The second-order valence-electron chi connectivity index (χ2n) is 4.22. The van der Waals surface area contributed by atoms with Crippen LogP contribution in [0.4, 0.5) is 0 Å². The van der Waals surface area contributed by atoms with Crippen LogP contribution >= 0.6 is 23.2 Å². The number of benzene rings is 2. The number of hydrogen-bond acceptors (Lipinski definition) is 1. The highest BCUT2D eigenvalue weighted by molar-refractivity contribution is 6.31. The van der Waals surface area contributed by atoms with Crippen LogP contribution in [0.5, 0.6) is 0 Å². The summed E-state index contributed by atoms with van der Waals surface area (Å²) in [7, 11) is 0. The maximum absolute atomic E-state index is 11.1. The molecule has 0 aliphatic carbocycles. The summed E-state index contributed by atoms with van der Waals surface area (Å²) in [6.07, 6.45) is -0.00857. The van der Waals surface area contributed by atoms with Crippen molar-refractivity contribution in [3.63, 3.8) is 0 Å². The highest BCUT2D eigenvalue weighted by Crippen LogP contribution is 2.33. The van der Waals surface area contributed by atoms with Gasteiger partial charge in [0.15, 0.2) is 0 Å². The molecular weight excluding hydrogens is 283 g/mol. The third-order valence-electron chi connectivity index (χ3n) is 2.93. The van der Waals surface area contributed by atoms with Crippen molar-refractivity contribution in [1.82, 2.24) is 0 Å². The first kappa shape index (κ1) is 13.9. The van der Waals surface area contributed by atoms with Crippen molar-refractivity contribution < 1.29 is 9.90 Å². The summed E-state index contributed by atoms with van der Waals surface area (Å²) in [4.78, 5) is 11.1. The number of rotatable bonds is 4. The van der Waals surface area contributed by atoms with Gasteiger partial charge in [0.25, 0.3) is 0 Å². The van der Waals surface area contributed by atoms with Crippen LogP contribution in [0.2, 0.25) is 10.0 Å². The maximum atomic E-state index is 11.1. The summed E-state index contributed by atoms with van der Waals surface area (Å²) in [6, 6.07) is 14.5. The van der Waals surface area contributed by atoms with Crippen LogP contribution in [-0.4, -0.2) is 11.1 Å². The highest BCUT2D eigenvalue weighted by Gasteiger charge is 2.19. The van der Waals surface area contributed by atoms with E-state index in [4.69, 9.17) is 28.3 Å². The monoisotopic (exact) mass is 294 g/mol. The smallest absolute Gasteiger partial charge is 0.304 e. The molecule has 0 heterocycles. The van der Waals surface area contributed by atoms with Gasteiger partial charge in [0.2, 0.25) is 0 Å². The SMILES string of the molecule is O=C(O)C[C@@H](c1ccc(Cl)cc1)c1ccccc1Cl. The zero-order chi connectivity index (χ0) is 13.8. The Labute approximate surface area is 121 Å². The minimum atomic E-state index is -0.861. The van der Waals surface area contributed by atoms with Gasteiger partial charge in [-0.1, -0.05) is 53.5 Å². The predicted octanol–water partition coefficient (Wildman–Crippen LogP) is 4.60. The Kier molecular flexibility index (Phi) is 4.46. The number of carbonyl (C=O) groups is 1. The fourth-order valence-corrected chi connectivity index (χ4v) is 2.43. The number of aliphatic carboxylic acids is 1. The minimum absolute atomic E-state index is 0.00857. The van der Waals surface area contributed by atoms with Crippen molar-refractivity contribution in [3.05, 3.63) is 69.7 Å². The second kappa shape index (κ2) is 6.09. The van der Waals surface area contributed by atoms with E-state index < -0.39 is 5.97 Å². The first-order valence-corrected chi connectivity index (χ1v) is 6.55. The van der Waals surface area contributed by atoms with Crippen LogP contribution in [0.25, 0.3) is 0 Å². The molecule has 0 aliphatic rings. The number of halogens is 2. The van der Waals surface area contributed by atoms with Gasteiger partial charge in [0.1, 0.15) is 0 Å². The average molecular weight is 295 g/mol. The van der Waals surface area contributed by atoms with Gasteiger partial charge < -0.3 is 5.11 Å². The largest absolute Gasteiger partial charge is 0.481 e. The molecule has 0 radical (unpaired) electrons. The summed E-state index contributed by atoms with van der Waals surface area (Å²) >= 11 is 12.0. The van der Waals surface area contributed by atoms with Crippen LogP contribution in [0, 0.1) is 0 Å². The molecule has 2 aromatic rings. The van der Waals surface area contributed by atoms with Crippen LogP contribution in [0.1, 0.15) is 23.5 Å². The molecular formula is C15H12Cl2O2. The summed E-state index contributed by atoms with van der Waals surface area (Å²) in [5.74, 6) is -1.14. The zero-order valence-corrected chi connectivity index (χ0v) is 11.5. The first-order chi connectivity index (χ1) is 9.08. The van der Waals surface area contributed by atoms with E-state index in [2.05, 4.69) is 0 Å². The fraction of sp³-hybridized carbons (Fsp3) is 0.133.